The summed E-state index contributed by atoms with van der Waals surface area (Å²) in [6.07, 6.45) is -2.61. The van der Waals surface area contributed by atoms with E-state index in [9.17, 15) is 22.0 Å². The molecule has 2 saturated heterocycles. The predicted molar refractivity (Wildman–Crippen MR) is 133 cm³/mol. The van der Waals surface area contributed by atoms with Crippen molar-refractivity contribution < 1.29 is 26.7 Å². The van der Waals surface area contributed by atoms with Gasteiger partial charge in [-0.2, -0.15) is 13.2 Å². The van der Waals surface area contributed by atoms with E-state index in [2.05, 4.69) is 19.7 Å². The number of nitrogens with zero attached hydrogens (tertiary/aromatic N) is 5. The lowest BCUT2D eigenvalue weighted by Gasteiger charge is -2.59. The van der Waals surface area contributed by atoms with E-state index in [1.54, 1.807) is 4.90 Å². The number of benzene rings is 2. The summed E-state index contributed by atoms with van der Waals surface area (Å²) in [5.41, 5.74) is -0.103. The van der Waals surface area contributed by atoms with Gasteiger partial charge in [-0.3, -0.25) is 9.47 Å². The fourth-order valence-corrected chi connectivity index (χ4v) is 6.98. The number of alkyl halides is 3. The Morgan fingerprint density at radius 1 is 1.00 bits per heavy atom. The number of anilines is 1. The van der Waals surface area contributed by atoms with Crippen molar-refractivity contribution >= 4 is 17.3 Å². The van der Waals surface area contributed by atoms with E-state index >= 15 is 0 Å². The van der Waals surface area contributed by atoms with E-state index in [0.717, 1.165) is 61.4 Å². The van der Waals surface area contributed by atoms with Crippen LogP contribution in [-0.2, 0) is 24.0 Å². The van der Waals surface area contributed by atoms with Crippen LogP contribution in [-0.4, -0.2) is 52.0 Å². The van der Waals surface area contributed by atoms with Crippen LogP contribution in [0.2, 0.25) is 5.02 Å². The standard InChI is InChI=1S/C27H25ClF5N5O/c28-17-1-3-20-15(7-17)10-36(18-5-6-39-12-18)11-22-34-35-25(38(20)22)16-8-26(9-16)13-37(14-26)21-4-2-19(29)23(24(21)30)27(31,32)33/h1-4,7,16,18H,5-6,8-14H2/t18-/m1/s1. The molecule has 4 heterocycles. The van der Waals surface area contributed by atoms with Gasteiger partial charge in [-0.05, 0) is 55.2 Å². The summed E-state index contributed by atoms with van der Waals surface area (Å²) in [5.74, 6) is -1.34. The van der Waals surface area contributed by atoms with Gasteiger partial charge in [0, 0.05) is 48.6 Å². The third-order valence-corrected chi connectivity index (χ3v) is 8.88. The lowest BCUT2D eigenvalue weighted by Crippen LogP contribution is -2.62. The largest absolute Gasteiger partial charge is 0.422 e. The third kappa shape index (κ3) is 4.12. The first-order valence-corrected chi connectivity index (χ1v) is 13.3. The van der Waals surface area contributed by atoms with E-state index < -0.39 is 23.4 Å². The van der Waals surface area contributed by atoms with Crippen molar-refractivity contribution in [1.29, 1.82) is 0 Å². The molecule has 3 aromatic rings. The summed E-state index contributed by atoms with van der Waals surface area (Å²) in [7, 11) is 0. The molecule has 0 unspecified atom stereocenters. The van der Waals surface area contributed by atoms with E-state index in [4.69, 9.17) is 16.3 Å². The van der Waals surface area contributed by atoms with Crippen molar-refractivity contribution in [3.63, 3.8) is 0 Å². The number of ether oxygens (including phenoxy) is 1. The topological polar surface area (TPSA) is 46.4 Å². The highest BCUT2D eigenvalue weighted by molar-refractivity contribution is 6.30. The molecule has 7 rings (SSSR count). The summed E-state index contributed by atoms with van der Waals surface area (Å²) in [6, 6.07) is 7.91. The average molecular weight is 566 g/mol. The third-order valence-electron chi connectivity index (χ3n) is 8.65. The van der Waals surface area contributed by atoms with Crippen LogP contribution in [0.4, 0.5) is 27.6 Å². The first-order valence-electron chi connectivity index (χ1n) is 13.0. The molecule has 1 aliphatic carbocycles. The fraction of sp³-hybridized carbons (Fsp3) is 0.481. The lowest BCUT2D eigenvalue weighted by atomic mass is 9.57. The molecule has 3 aliphatic heterocycles. The number of halogens is 6. The number of aromatic nitrogens is 3. The molecule has 0 amide bonds. The first-order chi connectivity index (χ1) is 18.6. The SMILES string of the molecule is Fc1ccc(N2CC3(CC(c4nnc5n4-c4ccc(Cl)cc4CN([C@@H]4CCOC4)C5)C3)C2)c(F)c1C(F)(F)F. The van der Waals surface area contributed by atoms with Crippen LogP contribution in [0.1, 0.15) is 48.0 Å². The van der Waals surface area contributed by atoms with Gasteiger partial charge in [0.15, 0.2) is 11.6 Å². The summed E-state index contributed by atoms with van der Waals surface area (Å²) in [5, 5.41) is 9.81. The molecule has 0 bridgehead atoms. The quantitative estimate of drug-likeness (QED) is 0.381. The Kier molecular flexibility index (Phi) is 5.74. The van der Waals surface area contributed by atoms with Crippen molar-refractivity contribution in [3.05, 3.63) is 69.8 Å². The molecule has 206 valence electrons. The average Bonchev–Trinajstić information content (AvgIpc) is 3.45. The second-order valence-electron chi connectivity index (χ2n) is 11.2. The fourth-order valence-electron chi connectivity index (χ4n) is 6.79. The zero-order chi connectivity index (χ0) is 27.1. The van der Waals surface area contributed by atoms with E-state index in [0.29, 0.717) is 43.4 Å². The molecule has 1 aromatic heterocycles. The number of hydrogen-bond donors (Lipinski definition) is 0. The zero-order valence-electron chi connectivity index (χ0n) is 20.8. The molecule has 12 heteroatoms. The van der Waals surface area contributed by atoms with Crippen LogP contribution >= 0.6 is 11.6 Å². The molecule has 3 fully saturated rings. The van der Waals surface area contributed by atoms with Crippen LogP contribution in [0.15, 0.2) is 30.3 Å². The van der Waals surface area contributed by atoms with Gasteiger partial charge < -0.3 is 9.64 Å². The van der Waals surface area contributed by atoms with Crippen LogP contribution in [0.5, 0.6) is 0 Å². The molecule has 0 radical (unpaired) electrons. The normalized spacial score (nSPS) is 22.8. The lowest BCUT2D eigenvalue weighted by molar-refractivity contribution is -0.142. The Bertz CT molecular complexity index is 1440. The second kappa shape index (κ2) is 8.87. The van der Waals surface area contributed by atoms with Crippen LogP contribution in [0.25, 0.3) is 5.69 Å². The number of fused-ring (bicyclic) bond motifs is 3. The predicted octanol–water partition coefficient (Wildman–Crippen LogP) is 5.71. The Labute approximate surface area is 226 Å². The van der Waals surface area contributed by atoms with Gasteiger partial charge in [0.2, 0.25) is 0 Å². The molecular weight excluding hydrogens is 541 g/mol. The highest BCUT2D eigenvalue weighted by Crippen LogP contribution is 2.57. The monoisotopic (exact) mass is 565 g/mol. The molecule has 39 heavy (non-hydrogen) atoms. The second-order valence-corrected chi connectivity index (χ2v) is 11.7. The van der Waals surface area contributed by atoms with Crippen molar-refractivity contribution in [2.45, 2.75) is 50.5 Å². The Morgan fingerprint density at radius 3 is 2.49 bits per heavy atom. The molecule has 6 nitrogen and oxygen atoms in total. The minimum absolute atomic E-state index is 0.113. The van der Waals surface area contributed by atoms with Crippen LogP contribution < -0.4 is 4.90 Å². The van der Waals surface area contributed by atoms with Gasteiger partial charge >= 0.3 is 6.18 Å². The van der Waals surface area contributed by atoms with Crippen LogP contribution in [0.3, 0.4) is 0 Å². The maximum atomic E-state index is 14.7. The van der Waals surface area contributed by atoms with Crippen molar-refractivity contribution in [1.82, 2.24) is 19.7 Å². The zero-order valence-corrected chi connectivity index (χ0v) is 21.6. The summed E-state index contributed by atoms with van der Waals surface area (Å²) >= 11 is 6.36. The molecule has 1 spiro atoms. The molecule has 0 N–H and O–H groups in total. The van der Waals surface area contributed by atoms with Gasteiger partial charge in [0.1, 0.15) is 17.2 Å². The summed E-state index contributed by atoms with van der Waals surface area (Å²) in [4.78, 5) is 3.92. The minimum atomic E-state index is -5.10. The van der Waals surface area contributed by atoms with Gasteiger partial charge in [0.05, 0.1) is 24.5 Å². The first kappa shape index (κ1) is 25.2. The molecule has 2 aromatic carbocycles. The molecule has 1 saturated carbocycles. The highest BCUT2D eigenvalue weighted by Gasteiger charge is 2.55. The van der Waals surface area contributed by atoms with Crippen molar-refractivity contribution in [3.8, 4) is 5.69 Å². The molecular formula is C27H25ClF5N5O. The van der Waals surface area contributed by atoms with Gasteiger partial charge in [0.25, 0.3) is 0 Å². The highest BCUT2D eigenvalue weighted by atomic mass is 35.5. The van der Waals surface area contributed by atoms with Crippen molar-refractivity contribution in [2.24, 2.45) is 5.41 Å². The van der Waals surface area contributed by atoms with E-state index in [1.165, 1.54) is 0 Å². The van der Waals surface area contributed by atoms with Crippen molar-refractivity contribution in [2.75, 3.05) is 31.2 Å². The summed E-state index contributed by atoms with van der Waals surface area (Å²) < 4.78 is 75.7. The number of rotatable bonds is 3. The molecule has 4 aliphatic rings. The van der Waals surface area contributed by atoms with Gasteiger partial charge in [-0.25, -0.2) is 8.78 Å². The molecule has 1 atom stereocenters. The smallest absolute Gasteiger partial charge is 0.380 e. The Hall–Kier alpha value is -2.76. The Balaban J connectivity index is 1.12. The van der Waals surface area contributed by atoms with Crippen LogP contribution in [0, 0.1) is 17.0 Å². The van der Waals surface area contributed by atoms with Gasteiger partial charge in [-0.15, -0.1) is 10.2 Å². The van der Waals surface area contributed by atoms with Gasteiger partial charge in [-0.1, -0.05) is 11.6 Å². The maximum Gasteiger partial charge on any atom is 0.422 e. The van der Waals surface area contributed by atoms with E-state index in [1.807, 2.05) is 18.2 Å². The van der Waals surface area contributed by atoms with E-state index in [-0.39, 0.29) is 17.0 Å². The summed E-state index contributed by atoms with van der Waals surface area (Å²) in [6.45, 7) is 3.58. The minimum Gasteiger partial charge on any atom is -0.380 e. The maximum absolute atomic E-state index is 14.7. The Morgan fingerprint density at radius 2 is 1.77 bits per heavy atom. The number of hydrogen-bond acceptors (Lipinski definition) is 5.